The zero-order valence-electron chi connectivity index (χ0n) is 31.6. The molecule has 9 nitrogen and oxygen atoms in total. The average molecular weight is 726 g/mol. The van der Waals surface area contributed by atoms with E-state index in [1.807, 2.05) is 6.08 Å². The highest BCUT2D eigenvalue weighted by atomic mass is 31.2. The molecule has 0 saturated heterocycles. The van der Waals surface area contributed by atoms with Crippen molar-refractivity contribution in [3.05, 3.63) is 48.6 Å². The van der Waals surface area contributed by atoms with Crippen LogP contribution < -0.4 is 5.73 Å². The summed E-state index contributed by atoms with van der Waals surface area (Å²) < 4.78 is 32.6. The van der Waals surface area contributed by atoms with Crippen LogP contribution in [-0.4, -0.2) is 49.3 Å². The first-order chi connectivity index (χ1) is 24.3. The Morgan fingerprint density at radius 1 is 0.600 bits per heavy atom. The van der Waals surface area contributed by atoms with Crippen LogP contribution in [0.15, 0.2) is 48.6 Å². The molecular formula is C40H72NO8P. The van der Waals surface area contributed by atoms with E-state index in [1.165, 1.54) is 83.5 Å². The molecule has 0 aliphatic carbocycles. The minimum absolute atomic E-state index is 0.0441. The van der Waals surface area contributed by atoms with Gasteiger partial charge in [-0.2, -0.15) is 0 Å². The number of nitrogens with two attached hydrogens (primary N) is 1. The fourth-order valence-electron chi connectivity index (χ4n) is 5.04. The van der Waals surface area contributed by atoms with Gasteiger partial charge in [-0.3, -0.25) is 18.6 Å². The maximum Gasteiger partial charge on any atom is 0.472 e. The van der Waals surface area contributed by atoms with Crippen LogP contribution in [0.25, 0.3) is 0 Å². The van der Waals surface area contributed by atoms with Crippen LogP contribution in [-0.2, 0) is 32.7 Å². The Morgan fingerprint density at radius 3 is 1.60 bits per heavy atom. The lowest BCUT2D eigenvalue weighted by molar-refractivity contribution is -0.161. The van der Waals surface area contributed by atoms with Crippen molar-refractivity contribution in [2.75, 3.05) is 26.4 Å². The number of esters is 2. The van der Waals surface area contributed by atoms with Crippen LogP contribution in [0.5, 0.6) is 0 Å². The third kappa shape index (κ3) is 35.8. The number of allylic oxidation sites excluding steroid dienone is 8. The van der Waals surface area contributed by atoms with Crippen molar-refractivity contribution in [1.29, 1.82) is 0 Å². The van der Waals surface area contributed by atoms with Crippen LogP contribution in [0.1, 0.15) is 162 Å². The number of rotatable bonds is 36. The molecular weight excluding hydrogens is 653 g/mol. The molecule has 2 atom stereocenters. The summed E-state index contributed by atoms with van der Waals surface area (Å²) in [5.41, 5.74) is 5.33. The molecule has 50 heavy (non-hydrogen) atoms. The van der Waals surface area contributed by atoms with E-state index in [2.05, 4.69) is 56.4 Å². The number of carbonyl (C=O) groups is 2. The molecule has 0 fully saturated rings. The molecule has 2 unspecified atom stereocenters. The van der Waals surface area contributed by atoms with Crippen molar-refractivity contribution in [2.24, 2.45) is 5.73 Å². The minimum atomic E-state index is -4.38. The van der Waals surface area contributed by atoms with E-state index in [0.717, 1.165) is 38.5 Å². The molecule has 0 rings (SSSR count). The molecule has 290 valence electrons. The van der Waals surface area contributed by atoms with Crippen molar-refractivity contribution in [1.82, 2.24) is 0 Å². The Hall–Kier alpha value is -2.03. The number of hydrogen-bond acceptors (Lipinski definition) is 8. The number of phosphoric acid groups is 1. The molecule has 0 aliphatic rings. The van der Waals surface area contributed by atoms with E-state index in [-0.39, 0.29) is 32.6 Å². The van der Waals surface area contributed by atoms with Gasteiger partial charge in [0.25, 0.3) is 0 Å². The predicted octanol–water partition coefficient (Wildman–Crippen LogP) is 10.8. The molecule has 0 aliphatic heterocycles. The summed E-state index contributed by atoms with van der Waals surface area (Å²) in [6.45, 7) is 3.62. The number of hydrogen-bond donors (Lipinski definition) is 2. The first kappa shape index (κ1) is 48.0. The molecule has 0 radical (unpaired) electrons. The number of unbranched alkanes of at least 4 members (excludes halogenated alkanes) is 15. The van der Waals surface area contributed by atoms with Gasteiger partial charge in [-0.05, 0) is 51.4 Å². The summed E-state index contributed by atoms with van der Waals surface area (Å²) in [5, 5.41) is 0. The van der Waals surface area contributed by atoms with E-state index >= 15 is 0 Å². The second-order valence-electron chi connectivity index (χ2n) is 12.8. The molecule has 0 heterocycles. The highest BCUT2D eigenvalue weighted by Crippen LogP contribution is 2.43. The molecule has 0 aromatic rings. The second kappa shape index (κ2) is 36.8. The number of phosphoric ester groups is 1. The molecule has 0 saturated carbocycles. The minimum Gasteiger partial charge on any atom is -0.462 e. The third-order valence-electron chi connectivity index (χ3n) is 7.97. The molecule has 3 N–H and O–H groups in total. The van der Waals surface area contributed by atoms with Gasteiger partial charge in [-0.15, -0.1) is 0 Å². The summed E-state index contributed by atoms with van der Waals surface area (Å²) >= 11 is 0. The van der Waals surface area contributed by atoms with Crippen molar-refractivity contribution >= 4 is 19.8 Å². The van der Waals surface area contributed by atoms with E-state index in [9.17, 15) is 19.0 Å². The first-order valence-corrected chi connectivity index (χ1v) is 21.1. The largest absolute Gasteiger partial charge is 0.472 e. The molecule has 0 aromatic carbocycles. The van der Waals surface area contributed by atoms with Gasteiger partial charge < -0.3 is 20.1 Å². The zero-order chi connectivity index (χ0) is 36.8. The highest BCUT2D eigenvalue weighted by molar-refractivity contribution is 7.47. The fourth-order valence-corrected chi connectivity index (χ4v) is 5.80. The van der Waals surface area contributed by atoms with Gasteiger partial charge in [0.1, 0.15) is 6.61 Å². The normalized spacial score (nSPS) is 13.9. The van der Waals surface area contributed by atoms with Crippen LogP contribution in [0.2, 0.25) is 0 Å². The van der Waals surface area contributed by atoms with Crippen LogP contribution in [0.3, 0.4) is 0 Å². The lowest BCUT2D eigenvalue weighted by Gasteiger charge is -2.19. The van der Waals surface area contributed by atoms with Crippen molar-refractivity contribution in [3.63, 3.8) is 0 Å². The summed E-state index contributed by atoms with van der Waals surface area (Å²) in [6, 6.07) is 0. The molecule has 0 aromatic heterocycles. The predicted molar refractivity (Wildman–Crippen MR) is 206 cm³/mol. The standard InChI is InChI=1S/C40H72NO8P/c1-3-5-7-9-11-13-15-17-18-19-20-21-23-25-27-29-31-33-40(43)49-38(37-48-50(44,45)47-35-34-41)36-46-39(42)32-30-28-26-24-22-16-14-12-10-8-6-4-2/h11,13,17-18,20-21,25,27,38H,3-10,12,14-16,19,22-24,26,28-37,41H2,1-2H3,(H,44,45). The monoisotopic (exact) mass is 725 g/mol. The van der Waals surface area contributed by atoms with Gasteiger partial charge >= 0.3 is 19.8 Å². The average Bonchev–Trinajstić information content (AvgIpc) is 3.10. The first-order valence-electron chi connectivity index (χ1n) is 19.6. The Morgan fingerprint density at radius 2 is 1.06 bits per heavy atom. The lowest BCUT2D eigenvalue weighted by Crippen LogP contribution is -2.29. The molecule has 10 heteroatoms. The van der Waals surface area contributed by atoms with Gasteiger partial charge in [0.05, 0.1) is 13.2 Å². The SMILES string of the molecule is CCCCCC=CCC=CCC=CCC=CCCCC(=O)OC(COC(=O)CCCCCCCCCCCCCC)COP(=O)(O)OCCN. The lowest BCUT2D eigenvalue weighted by atomic mass is 10.0. The quantitative estimate of drug-likeness (QED) is 0.0280. The van der Waals surface area contributed by atoms with Crippen molar-refractivity contribution < 1.29 is 37.6 Å². The van der Waals surface area contributed by atoms with E-state index in [1.54, 1.807) is 0 Å². The summed E-state index contributed by atoms with van der Waals surface area (Å²) in [7, 11) is -4.38. The van der Waals surface area contributed by atoms with Gasteiger partial charge in [-0.25, -0.2) is 4.57 Å². The maximum absolute atomic E-state index is 12.5. The van der Waals surface area contributed by atoms with Crippen LogP contribution in [0.4, 0.5) is 0 Å². The maximum atomic E-state index is 12.5. The van der Waals surface area contributed by atoms with Crippen LogP contribution >= 0.6 is 7.82 Å². The summed E-state index contributed by atoms with van der Waals surface area (Å²) in [6.07, 6.45) is 40.0. The van der Waals surface area contributed by atoms with E-state index in [0.29, 0.717) is 12.8 Å². The van der Waals surface area contributed by atoms with Gasteiger partial charge in [0.15, 0.2) is 6.10 Å². The second-order valence-corrected chi connectivity index (χ2v) is 14.3. The Bertz CT molecular complexity index is 965. The zero-order valence-corrected chi connectivity index (χ0v) is 32.5. The Balaban J connectivity index is 4.32. The van der Waals surface area contributed by atoms with Crippen LogP contribution in [0, 0.1) is 0 Å². The summed E-state index contributed by atoms with van der Waals surface area (Å²) in [5.74, 6) is -0.896. The number of ether oxygens (including phenoxy) is 2. The fraction of sp³-hybridized carbons (Fsp3) is 0.750. The topological polar surface area (TPSA) is 134 Å². The number of carbonyl (C=O) groups excluding carboxylic acids is 2. The third-order valence-corrected chi connectivity index (χ3v) is 8.95. The molecule has 0 bridgehead atoms. The Labute approximate surface area is 305 Å². The molecule has 0 amide bonds. The van der Waals surface area contributed by atoms with Gasteiger partial charge in [0, 0.05) is 19.4 Å². The van der Waals surface area contributed by atoms with Crippen molar-refractivity contribution in [3.8, 4) is 0 Å². The van der Waals surface area contributed by atoms with Gasteiger partial charge in [0.2, 0.25) is 0 Å². The summed E-state index contributed by atoms with van der Waals surface area (Å²) in [4.78, 5) is 34.7. The van der Waals surface area contributed by atoms with E-state index in [4.69, 9.17) is 24.3 Å². The van der Waals surface area contributed by atoms with Crippen molar-refractivity contribution in [2.45, 2.75) is 168 Å². The Kier molecular flexibility index (Phi) is 35.3. The van der Waals surface area contributed by atoms with Gasteiger partial charge in [-0.1, -0.05) is 146 Å². The highest BCUT2D eigenvalue weighted by Gasteiger charge is 2.25. The molecule has 0 spiro atoms. The smallest absolute Gasteiger partial charge is 0.462 e. The van der Waals surface area contributed by atoms with E-state index < -0.39 is 32.5 Å².